The second-order valence-corrected chi connectivity index (χ2v) is 16.1. The Balaban J connectivity index is 1.03. The average Bonchev–Trinajstić information content (AvgIpc) is 3.24. The summed E-state index contributed by atoms with van der Waals surface area (Å²) in [6.07, 6.45) is 0.693. The van der Waals surface area contributed by atoms with E-state index < -0.39 is 36.2 Å². The SMILES string of the molecule is Cc1nccc(Oc2ccc(C[C@H](NC(=O)[C@@H]3Cc4cc5c(cc4CN3C(=O)OCC(C)C)O[C@@H](c3ccc(OCc4ccc(Cl)c(Cl)c4)cc3)CO5)C(=O)O)cc2)c1C. The number of aliphatic carboxylic acids is 1. The first-order chi connectivity index (χ1) is 28.8. The van der Waals surface area contributed by atoms with Crippen molar-refractivity contribution in [1.29, 1.82) is 0 Å². The number of ether oxygens (including phenoxy) is 5. The summed E-state index contributed by atoms with van der Waals surface area (Å²) in [5.41, 5.74) is 5.74. The number of carboxylic acid groups (broad SMARTS) is 1. The van der Waals surface area contributed by atoms with Crippen molar-refractivity contribution in [3.05, 3.63) is 140 Å². The minimum absolute atomic E-state index is 0.00415. The number of nitrogens with one attached hydrogen (secondary N) is 1. The number of rotatable bonds is 13. The molecule has 5 aromatic rings. The first-order valence-corrected chi connectivity index (χ1v) is 20.3. The maximum atomic E-state index is 14.0. The van der Waals surface area contributed by atoms with E-state index >= 15 is 0 Å². The number of fused-ring (bicyclic) bond motifs is 2. The molecule has 0 saturated carbocycles. The van der Waals surface area contributed by atoms with Crippen molar-refractivity contribution < 1.29 is 43.2 Å². The third-order valence-corrected chi connectivity index (χ3v) is 11.1. The Morgan fingerprint density at radius 3 is 2.33 bits per heavy atom. The summed E-state index contributed by atoms with van der Waals surface area (Å²) in [7, 11) is 0. The summed E-state index contributed by atoms with van der Waals surface area (Å²) in [5, 5.41) is 13.8. The van der Waals surface area contributed by atoms with Crippen LogP contribution < -0.4 is 24.3 Å². The third kappa shape index (κ3) is 10.1. The van der Waals surface area contributed by atoms with Crippen LogP contribution in [-0.4, -0.2) is 58.3 Å². The summed E-state index contributed by atoms with van der Waals surface area (Å²) in [4.78, 5) is 45.7. The summed E-state index contributed by atoms with van der Waals surface area (Å²) in [6, 6.07) is 23.0. The summed E-state index contributed by atoms with van der Waals surface area (Å²) < 4.78 is 30.2. The van der Waals surface area contributed by atoms with Crippen LogP contribution in [0.3, 0.4) is 0 Å². The predicted molar refractivity (Wildman–Crippen MR) is 225 cm³/mol. The summed E-state index contributed by atoms with van der Waals surface area (Å²) >= 11 is 12.2. The molecule has 14 heteroatoms. The van der Waals surface area contributed by atoms with Gasteiger partial charge in [-0.3, -0.25) is 14.7 Å². The average molecular weight is 855 g/mol. The Morgan fingerprint density at radius 2 is 1.62 bits per heavy atom. The molecular formula is C46H45Cl2N3O9. The standard InChI is InChI=1S/C46H45Cl2N3O9/c1-26(2)23-58-46(55)51-22-33-21-42-41(57-25-43(60-42)31-8-12-34(13-9-31)56-24-30-7-14-36(47)37(48)17-30)20-32(33)19-39(51)44(52)50-38(45(53)54)18-29-5-10-35(11-6-29)59-40-15-16-49-28(4)27(40)3/h5-17,20-21,26,38-39,43H,18-19,22-25H2,1-4H3,(H,50,52)(H,53,54)/t38-,39-,43+/m0/s1. The van der Waals surface area contributed by atoms with Gasteiger partial charge in [0.25, 0.3) is 0 Å². The zero-order valence-corrected chi connectivity index (χ0v) is 35.1. The second-order valence-electron chi connectivity index (χ2n) is 15.3. The lowest BCUT2D eigenvalue weighted by molar-refractivity contribution is -0.142. The zero-order valence-electron chi connectivity index (χ0n) is 33.6. The van der Waals surface area contributed by atoms with Gasteiger partial charge in [0, 0.05) is 30.3 Å². The number of amides is 2. The molecule has 0 saturated heterocycles. The molecule has 0 radical (unpaired) electrons. The Bertz CT molecular complexity index is 2370. The molecule has 0 unspecified atom stereocenters. The number of aromatic nitrogens is 1. The van der Waals surface area contributed by atoms with E-state index in [9.17, 15) is 19.5 Å². The number of benzene rings is 4. The van der Waals surface area contributed by atoms with E-state index in [4.69, 9.17) is 46.9 Å². The van der Waals surface area contributed by atoms with Crippen LogP contribution in [0.25, 0.3) is 0 Å². The van der Waals surface area contributed by atoms with Crippen molar-refractivity contribution in [2.75, 3.05) is 13.2 Å². The number of carbonyl (C=O) groups excluding carboxylic acids is 2. The molecule has 3 heterocycles. The van der Waals surface area contributed by atoms with E-state index in [1.165, 1.54) is 4.90 Å². The van der Waals surface area contributed by atoms with E-state index in [-0.39, 0.29) is 38.5 Å². The maximum absolute atomic E-state index is 14.0. The monoisotopic (exact) mass is 853 g/mol. The quantitative estimate of drug-likeness (QED) is 0.118. The van der Waals surface area contributed by atoms with Crippen LogP contribution in [-0.2, 0) is 40.3 Å². The van der Waals surface area contributed by atoms with Gasteiger partial charge in [0.05, 0.1) is 23.2 Å². The van der Waals surface area contributed by atoms with Crippen molar-refractivity contribution in [1.82, 2.24) is 15.2 Å². The first kappa shape index (κ1) is 42.2. The van der Waals surface area contributed by atoms with E-state index in [0.29, 0.717) is 51.0 Å². The number of aryl methyl sites for hydroxylation is 1. The van der Waals surface area contributed by atoms with Crippen LogP contribution in [0.5, 0.6) is 28.7 Å². The van der Waals surface area contributed by atoms with Gasteiger partial charge in [0.2, 0.25) is 5.91 Å². The fraction of sp³-hybridized carbons (Fsp3) is 0.304. The Morgan fingerprint density at radius 1 is 0.900 bits per heavy atom. The summed E-state index contributed by atoms with van der Waals surface area (Å²) in [5.74, 6) is 1.15. The molecule has 60 heavy (non-hydrogen) atoms. The smallest absolute Gasteiger partial charge is 0.410 e. The molecule has 312 valence electrons. The molecule has 0 spiro atoms. The van der Waals surface area contributed by atoms with E-state index in [1.807, 2.05) is 70.2 Å². The van der Waals surface area contributed by atoms with Crippen LogP contribution in [0.1, 0.15) is 59.0 Å². The lowest BCUT2D eigenvalue weighted by atomic mass is 9.92. The molecule has 7 rings (SSSR count). The minimum atomic E-state index is -1.27. The van der Waals surface area contributed by atoms with Crippen LogP contribution in [0.2, 0.25) is 10.0 Å². The van der Waals surface area contributed by atoms with Gasteiger partial charge >= 0.3 is 12.1 Å². The molecule has 1 aromatic heterocycles. The van der Waals surface area contributed by atoms with Gasteiger partial charge in [-0.25, -0.2) is 9.59 Å². The number of pyridine rings is 1. The molecule has 2 N–H and O–H groups in total. The Labute approximate surface area is 358 Å². The molecule has 0 aliphatic carbocycles. The number of hydrogen-bond acceptors (Lipinski definition) is 9. The molecule has 2 aliphatic heterocycles. The van der Waals surface area contributed by atoms with Crippen molar-refractivity contribution in [2.45, 2.75) is 71.9 Å². The van der Waals surface area contributed by atoms with Crippen molar-refractivity contribution in [3.8, 4) is 28.7 Å². The second kappa shape index (κ2) is 18.5. The van der Waals surface area contributed by atoms with Crippen LogP contribution in [0, 0.1) is 19.8 Å². The van der Waals surface area contributed by atoms with Gasteiger partial charge in [-0.2, -0.15) is 0 Å². The highest BCUT2D eigenvalue weighted by atomic mass is 35.5. The van der Waals surface area contributed by atoms with Gasteiger partial charge in [0.1, 0.15) is 42.5 Å². The summed E-state index contributed by atoms with van der Waals surface area (Å²) in [6.45, 7) is 8.40. The van der Waals surface area contributed by atoms with Gasteiger partial charge in [-0.15, -0.1) is 0 Å². The molecule has 2 amide bonds. The van der Waals surface area contributed by atoms with Crippen molar-refractivity contribution in [3.63, 3.8) is 0 Å². The number of carbonyl (C=O) groups is 3. The molecule has 12 nitrogen and oxygen atoms in total. The fourth-order valence-corrected chi connectivity index (χ4v) is 7.21. The van der Waals surface area contributed by atoms with Gasteiger partial charge < -0.3 is 34.1 Å². The Kier molecular flexibility index (Phi) is 13.0. The molecule has 0 fully saturated rings. The molecule has 0 bridgehead atoms. The highest BCUT2D eigenvalue weighted by Crippen LogP contribution is 2.41. The fourth-order valence-electron chi connectivity index (χ4n) is 6.89. The minimum Gasteiger partial charge on any atom is -0.489 e. The van der Waals surface area contributed by atoms with Gasteiger partial charge in [-0.05, 0) is 102 Å². The van der Waals surface area contributed by atoms with E-state index in [0.717, 1.165) is 33.5 Å². The molecular weight excluding hydrogens is 809 g/mol. The largest absolute Gasteiger partial charge is 0.489 e. The van der Waals surface area contributed by atoms with Crippen LogP contribution >= 0.6 is 23.2 Å². The third-order valence-electron chi connectivity index (χ3n) is 10.4. The normalized spacial score (nSPS) is 16.1. The van der Waals surface area contributed by atoms with Crippen LogP contribution in [0.4, 0.5) is 4.79 Å². The zero-order chi connectivity index (χ0) is 42.5. The number of nitrogens with zero attached hydrogens (tertiary/aromatic N) is 2. The lowest BCUT2D eigenvalue weighted by Crippen LogP contribution is -2.56. The Hall–Kier alpha value is -5.98. The highest BCUT2D eigenvalue weighted by molar-refractivity contribution is 6.42. The highest BCUT2D eigenvalue weighted by Gasteiger charge is 2.39. The van der Waals surface area contributed by atoms with E-state index in [2.05, 4.69) is 10.3 Å². The number of hydrogen-bond donors (Lipinski definition) is 2. The lowest BCUT2D eigenvalue weighted by Gasteiger charge is -2.37. The number of carboxylic acids is 1. The molecule has 3 atom stereocenters. The van der Waals surface area contributed by atoms with Crippen molar-refractivity contribution >= 4 is 41.2 Å². The van der Waals surface area contributed by atoms with E-state index in [1.54, 1.807) is 48.7 Å². The molecule has 2 aliphatic rings. The van der Waals surface area contributed by atoms with Crippen molar-refractivity contribution in [2.24, 2.45) is 5.92 Å². The maximum Gasteiger partial charge on any atom is 0.410 e. The first-order valence-electron chi connectivity index (χ1n) is 19.6. The van der Waals surface area contributed by atoms with Crippen LogP contribution in [0.15, 0.2) is 91.1 Å². The topological polar surface area (TPSA) is 146 Å². The number of halogens is 2. The molecule has 4 aromatic carbocycles. The predicted octanol–water partition coefficient (Wildman–Crippen LogP) is 9.22. The van der Waals surface area contributed by atoms with Gasteiger partial charge in [-0.1, -0.05) is 67.4 Å². The van der Waals surface area contributed by atoms with Gasteiger partial charge in [0.15, 0.2) is 17.6 Å².